The summed E-state index contributed by atoms with van der Waals surface area (Å²) in [5.74, 6) is 0.0525. The van der Waals surface area contributed by atoms with Gasteiger partial charge in [-0.05, 0) is 54.3 Å². The van der Waals surface area contributed by atoms with Crippen LogP contribution < -0.4 is 10.1 Å². The van der Waals surface area contributed by atoms with Crippen LogP contribution in [0.1, 0.15) is 56.5 Å². The number of carbonyl (C=O) groups excluding carboxylic acids is 2. The first-order valence-electron chi connectivity index (χ1n) is 9.70. The molecule has 2 rings (SSSR count). The lowest BCUT2D eigenvalue weighted by Crippen LogP contribution is -2.22. The third-order valence-electron chi connectivity index (χ3n) is 4.24. The van der Waals surface area contributed by atoms with Gasteiger partial charge < -0.3 is 14.8 Å². The van der Waals surface area contributed by atoms with Gasteiger partial charge in [0.15, 0.2) is 6.61 Å². The van der Waals surface area contributed by atoms with Crippen molar-refractivity contribution in [3.8, 4) is 5.75 Å². The van der Waals surface area contributed by atoms with E-state index < -0.39 is 0 Å². The van der Waals surface area contributed by atoms with Crippen molar-refractivity contribution in [3.63, 3.8) is 0 Å². The molecule has 0 aliphatic carbocycles. The van der Waals surface area contributed by atoms with Crippen LogP contribution in [-0.2, 0) is 14.9 Å². The zero-order chi connectivity index (χ0) is 21.4. The first-order chi connectivity index (χ1) is 13.7. The largest absolute Gasteiger partial charge is 0.483 e. The number of unbranched alkanes of at least 4 members (excludes halogenated alkanes) is 1. The van der Waals surface area contributed by atoms with Gasteiger partial charge in [-0.2, -0.15) is 0 Å². The molecule has 0 bridgehead atoms. The number of ether oxygens (including phenoxy) is 2. The summed E-state index contributed by atoms with van der Waals surface area (Å²) in [5.41, 5.74) is 1.96. The zero-order valence-electron chi connectivity index (χ0n) is 17.4. The van der Waals surface area contributed by atoms with Crippen molar-refractivity contribution < 1.29 is 19.1 Å². The number of anilines is 1. The molecule has 1 amide bonds. The second kappa shape index (κ2) is 10.4. The van der Waals surface area contributed by atoms with Gasteiger partial charge in [0.25, 0.3) is 5.91 Å². The number of hydrogen-bond donors (Lipinski definition) is 1. The number of hydrogen-bond acceptors (Lipinski definition) is 4. The third-order valence-corrected chi connectivity index (χ3v) is 4.74. The van der Waals surface area contributed by atoms with Crippen LogP contribution in [0.15, 0.2) is 46.9 Å². The fourth-order valence-corrected chi connectivity index (χ4v) is 3.00. The monoisotopic (exact) mass is 461 g/mol. The van der Waals surface area contributed by atoms with E-state index in [1.54, 1.807) is 24.3 Å². The Kier molecular flexibility index (Phi) is 8.26. The minimum Gasteiger partial charge on any atom is -0.483 e. The maximum atomic E-state index is 12.3. The molecular formula is C23H28BrNO4. The first-order valence-corrected chi connectivity index (χ1v) is 10.5. The van der Waals surface area contributed by atoms with Gasteiger partial charge in [-0.3, -0.25) is 4.79 Å². The first kappa shape index (κ1) is 22.9. The molecule has 0 heterocycles. The summed E-state index contributed by atoms with van der Waals surface area (Å²) in [6, 6.07) is 12.4. The highest BCUT2D eigenvalue weighted by atomic mass is 79.9. The molecule has 0 aliphatic rings. The summed E-state index contributed by atoms with van der Waals surface area (Å²) in [4.78, 5) is 24.2. The van der Waals surface area contributed by atoms with Crippen LogP contribution in [0.5, 0.6) is 5.75 Å². The Hall–Kier alpha value is -2.34. The van der Waals surface area contributed by atoms with Gasteiger partial charge in [-0.1, -0.05) is 50.0 Å². The van der Waals surface area contributed by atoms with Gasteiger partial charge in [-0.25, -0.2) is 4.79 Å². The number of carbonyl (C=O) groups is 2. The molecule has 29 heavy (non-hydrogen) atoms. The van der Waals surface area contributed by atoms with Crippen molar-refractivity contribution in [2.24, 2.45) is 0 Å². The van der Waals surface area contributed by atoms with Crippen molar-refractivity contribution in [2.45, 2.75) is 46.0 Å². The Labute approximate surface area is 180 Å². The van der Waals surface area contributed by atoms with Gasteiger partial charge >= 0.3 is 5.97 Å². The Morgan fingerprint density at radius 1 is 1.07 bits per heavy atom. The number of nitrogens with one attached hydrogen (secondary N) is 1. The molecular weight excluding hydrogens is 434 g/mol. The summed E-state index contributed by atoms with van der Waals surface area (Å²) in [5, 5.41) is 2.77. The van der Waals surface area contributed by atoms with Crippen LogP contribution in [0.4, 0.5) is 5.69 Å². The van der Waals surface area contributed by atoms with Crippen LogP contribution in [0.3, 0.4) is 0 Å². The molecule has 2 aromatic rings. The summed E-state index contributed by atoms with van der Waals surface area (Å²) < 4.78 is 11.9. The molecule has 0 saturated heterocycles. The number of esters is 1. The van der Waals surface area contributed by atoms with Crippen LogP contribution in [-0.4, -0.2) is 25.1 Å². The molecule has 0 aliphatic heterocycles. The molecule has 2 aromatic carbocycles. The lowest BCUT2D eigenvalue weighted by atomic mass is 9.86. The number of halogens is 1. The number of amides is 1. The predicted molar refractivity (Wildman–Crippen MR) is 119 cm³/mol. The second-order valence-corrected chi connectivity index (χ2v) is 8.71. The second-order valence-electron chi connectivity index (χ2n) is 7.79. The minimum atomic E-state index is -0.357. The average molecular weight is 462 g/mol. The molecule has 0 fully saturated rings. The van der Waals surface area contributed by atoms with Gasteiger partial charge in [-0.15, -0.1) is 0 Å². The fourth-order valence-electron chi connectivity index (χ4n) is 2.64. The molecule has 156 valence electrons. The van der Waals surface area contributed by atoms with E-state index in [0.29, 0.717) is 23.6 Å². The number of benzene rings is 2. The standard InChI is InChI=1S/C23H28BrNO4/c1-5-6-13-28-22(27)16-7-10-18(11-8-16)25-21(26)15-29-20-12-9-17(24)14-19(20)23(2,3)4/h7-12,14H,5-6,13,15H2,1-4H3,(H,25,26). The molecule has 0 saturated carbocycles. The lowest BCUT2D eigenvalue weighted by molar-refractivity contribution is -0.118. The predicted octanol–water partition coefficient (Wildman–Crippen LogP) is 5.72. The lowest BCUT2D eigenvalue weighted by Gasteiger charge is -2.23. The van der Waals surface area contributed by atoms with E-state index in [9.17, 15) is 9.59 Å². The SMILES string of the molecule is CCCCOC(=O)c1ccc(NC(=O)COc2ccc(Br)cc2C(C)(C)C)cc1. The van der Waals surface area contributed by atoms with E-state index in [-0.39, 0.29) is 23.9 Å². The summed E-state index contributed by atoms with van der Waals surface area (Å²) in [7, 11) is 0. The highest BCUT2D eigenvalue weighted by Gasteiger charge is 2.20. The van der Waals surface area contributed by atoms with Crippen LogP contribution in [0.2, 0.25) is 0 Å². The zero-order valence-corrected chi connectivity index (χ0v) is 19.0. The van der Waals surface area contributed by atoms with Crippen LogP contribution in [0.25, 0.3) is 0 Å². The van der Waals surface area contributed by atoms with E-state index in [4.69, 9.17) is 9.47 Å². The van der Waals surface area contributed by atoms with Crippen molar-refractivity contribution in [3.05, 3.63) is 58.1 Å². The van der Waals surface area contributed by atoms with Crippen molar-refractivity contribution in [1.29, 1.82) is 0 Å². The Morgan fingerprint density at radius 3 is 2.38 bits per heavy atom. The van der Waals surface area contributed by atoms with Crippen LogP contribution in [0, 0.1) is 0 Å². The Bertz CT molecular complexity index is 841. The molecule has 5 nitrogen and oxygen atoms in total. The van der Waals surface area contributed by atoms with Gasteiger partial charge in [0.1, 0.15) is 5.75 Å². The van der Waals surface area contributed by atoms with Crippen molar-refractivity contribution >= 4 is 33.5 Å². The molecule has 0 radical (unpaired) electrons. The van der Waals surface area contributed by atoms with Crippen LogP contribution >= 0.6 is 15.9 Å². The third kappa shape index (κ3) is 7.20. The quantitative estimate of drug-likeness (QED) is 0.403. The summed E-state index contributed by atoms with van der Waals surface area (Å²) in [6.45, 7) is 8.63. The molecule has 1 N–H and O–H groups in total. The molecule has 0 unspecified atom stereocenters. The van der Waals surface area contributed by atoms with E-state index in [0.717, 1.165) is 22.9 Å². The maximum absolute atomic E-state index is 12.3. The van der Waals surface area contributed by atoms with E-state index >= 15 is 0 Å². The molecule has 0 aromatic heterocycles. The summed E-state index contributed by atoms with van der Waals surface area (Å²) in [6.07, 6.45) is 1.81. The average Bonchev–Trinajstić information content (AvgIpc) is 2.67. The van der Waals surface area contributed by atoms with E-state index in [1.807, 2.05) is 25.1 Å². The van der Waals surface area contributed by atoms with E-state index in [1.165, 1.54) is 0 Å². The summed E-state index contributed by atoms with van der Waals surface area (Å²) >= 11 is 3.48. The molecule has 0 spiro atoms. The molecule has 6 heteroatoms. The highest BCUT2D eigenvalue weighted by Crippen LogP contribution is 2.33. The Balaban J connectivity index is 1.93. The maximum Gasteiger partial charge on any atom is 0.338 e. The van der Waals surface area contributed by atoms with Gasteiger partial charge in [0.2, 0.25) is 0 Å². The normalized spacial score (nSPS) is 11.1. The Morgan fingerprint density at radius 2 is 1.76 bits per heavy atom. The number of rotatable bonds is 8. The van der Waals surface area contributed by atoms with Gasteiger partial charge in [0, 0.05) is 15.7 Å². The fraction of sp³-hybridized carbons (Fsp3) is 0.391. The topological polar surface area (TPSA) is 64.6 Å². The smallest absolute Gasteiger partial charge is 0.338 e. The molecule has 0 atom stereocenters. The highest BCUT2D eigenvalue weighted by molar-refractivity contribution is 9.10. The van der Waals surface area contributed by atoms with Gasteiger partial charge in [0.05, 0.1) is 12.2 Å². The van der Waals surface area contributed by atoms with Crippen molar-refractivity contribution in [2.75, 3.05) is 18.5 Å². The van der Waals surface area contributed by atoms with Crippen molar-refractivity contribution in [1.82, 2.24) is 0 Å². The van der Waals surface area contributed by atoms with E-state index in [2.05, 4.69) is 42.0 Å². The minimum absolute atomic E-state index is 0.106.